The van der Waals surface area contributed by atoms with Crippen LogP contribution in [0, 0.1) is 0 Å². The van der Waals surface area contributed by atoms with Crippen molar-refractivity contribution in [1.82, 2.24) is 15.5 Å². The van der Waals surface area contributed by atoms with Crippen LogP contribution in [-0.4, -0.2) is 41.9 Å². The number of hydrogen-bond donors (Lipinski definition) is 1. The molecule has 1 atom stereocenters. The molecule has 13 heavy (non-hydrogen) atoms. The molecule has 2 heterocycles. The molecule has 0 bridgehead atoms. The molecule has 1 radical (unpaired) electrons. The van der Waals surface area contributed by atoms with Crippen LogP contribution in [0.5, 0.6) is 0 Å². The fourth-order valence-corrected chi connectivity index (χ4v) is 1.53. The standard InChI is InChI=1S/C7H8N3O3/c11-5-3-4-6(12)8-1-2-10(4)7(13)9-5/h4H,1-3H2,(H,8,12). The van der Waals surface area contributed by atoms with E-state index in [0.717, 1.165) is 0 Å². The maximum Gasteiger partial charge on any atom is 0.347 e. The second-order valence-electron chi connectivity index (χ2n) is 2.99. The van der Waals surface area contributed by atoms with E-state index in [1.54, 1.807) is 0 Å². The van der Waals surface area contributed by atoms with Gasteiger partial charge in [0.05, 0.1) is 6.42 Å². The molecule has 0 spiro atoms. The first-order valence-corrected chi connectivity index (χ1v) is 4.01. The van der Waals surface area contributed by atoms with Crippen molar-refractivity contribution in [1.29, 1.82) is 0 Å². The Bertz CT molecular complexity index is 289. The van der Waals surface area contributed by atoms with Crippen molar-refractivity contribution in [3.05, 3.63) is 0 Å². The Morgan fingerprint density at radius 3 is 2.92 bits per heavy atom. The van der Waals surface area contributed by atoms with Crippen molar-refractivity contribution in [2.24, 2.45) is 0 Å². The zero-order valence-corrected chi connectivity index (χ0v) is 6.82. The molecule has 0 aliphatic carbocycles. The number of carbonyl (C=O) groups is 3. The molecule has 2 rings (SSSR count). The van der Waals surface area contributed by atoms with E-state index < -0.39 is 18.0 Å². The Morgan fingerprint density at radius 2 is 2.15 bits per heavy atom. The lowest BCUT2D eigenvalue weighted by Gasteiger charge is -2.36. The van der Waals surface area contributed by atoms with Crippen molar-refractivity contribution in [2.45, 2.75) is 12.5 Å². The van der Waals surface area contributed by atoms with Gasteiger partial charge in [0.2, 0.25) is 5.91 Å². The highest BCUT2D eigenvalue weighted by atomic mass is 16.2. The molecule has 1 unspecified atom stereocenters. The molecule has 6 heteroatoms. The first kappa shape index (κ1) is 8.03. The molecule has 0 saturated carbocycles. The van der Waals surface area contributed by atoms with Gasteiger partial charge in [0.1, 0.15) is 6.04 Å². The number of amides is 4. The third kappa shape index (κ3) is 1.24. The average molecular weight is 182 g/mol. The van der Waals surface area contributed by atoms with Gasteiger partial charge in [-0.25, -0.2) is 4.79 Å². The molecule has 69 valence electrons. The average Bonchev–Trinajstić information content (AvgIpc) is 2.07. The van der Waals surface area contributed by atoms with Crippen LogP contribution in [-0.2, 0) is 9.59 Å². The van der Waals surface area contributed by atoms with Crippen molar-refractivity contribution in [2.75, 3.05) is 13.1 Å². The first-order valence-electron chi connectivity index (χ1n) is 4.01. The van der Waals surface area contributed by atoms with Crippen molar-refractivity contribution >= 4 is 17.8 Å². The van der Waals surface area contributed by atoms with Gasteiger partial charge in [-0.1, -0.05) is 0 Å². The predicted octanol–water partition coefficient (Wildman–Crippen LogP) is -1.56. The van der Waals surface area contributed by atoms with Crippen molar-refractivity contribution in [3.8, 4) is 0 Å². The summed E-state index contributed by atoms with van der Waals surface area (Å²) in [5.41, 5.74) is 0. The number of rotatable bonds is 0. The summed E-state index contributed by atoms with van der Waals surface area (Å²) in [6.45, 7) is 0.872. The molecule has 0 aromatic rings. The van der Waals surface area contributed by atoms with Crippen LogP contribution in [0.1, 0.15) is 6.42 Å². The summed E-state index contributed by atoms with van der Waals surface area (Å²) in [5.74, 6) is -0.772. The van der Waals surface area contributed by atoms with Crippen LogP contribution in [0.15, 0.2) is 0 Å². The summed E-state index contributed by atoms with van der Waals surface area (Å²) in [4.78, 5) is 34.6. The maximum atomic E-state index is 11.2. The lowest BCUT2D eigenvalue weighted by molar-refractivity contribution is -0.134. The summed E-state index contributed by atoms with van der Waals surface area (Å²) in [6.07, 6.45) is 0.0115. The van der Waals surface area contributed by atoms with Gasteiger partial charge in [-0.3, -0.25) is 9.59 Å². The van der Waals surface area contributed by atoms with Crippen LogP contribution >= 0.6 is 0 Å². The zero-order chi connectivity index (χ0) is 9.42. The van der Waals surface area contributed by atoms with Crippen molar-refractivity contribution < 1.29 is 14.4 Å². The molecule has 6 nitrogen and oxygen atoms in total. The highest BCUT2D eigenvalue weighted by Crippen LogP contribution is 2.13. The van der Waals surface area contributed by atoms with Crippen LogP contribution in [0.4, 0.5) is 4.79 Å². The van der Waals surface area contributed by atoms with E-state index in [-0.39, 0.29) is 12.3 Å². The number of hydrogen-bond acceptors (Lipinski definition) is 3. The van der Waals surface area contributed by atoms with E-state index in [1.165, 1.54) is 4.90 Å². The number of urea groups is 1. The van der Waals surface area contributed by atoms with Crippen molar-refractivity contribution in [3.63, 3.8) is 0 Å². The minimum atomic E-state index is -0.633. The number of carbonyl (C=O) groups excluding carboxylic acids is 3. The number of fused-ring (bicyclic) bond motifs is 1. The van der Waals surface area contributed by atoms with E-state index in [4.69, 9.17) is 0 Å². The van der Waals surface area contributed by atoms with Crippen LogP contribution in [0.25, 0.3) is 0 Å². The monoisotopic (exact) mass is 182 g/mol. The van der Waals surface area contributed by atoms with Gasteiger partial charge in [0, 0.05) is 13.1 Å². The second kappa shape index (κ2) is 2.72. The fourth-order valence-electron chi connectivity index (χ4n) is 1.53. The summed E-state index contributed by atoms with van der Waals surface area (Å²) in [7, 11) is 0. The lowest BCUT2D eigenvalue weighted by Crippen LogP contribution is -2.62. The van der Waals surface area contributed by atoms with Gasteiger partial charge in [-0.2, -0.15) is 5.32 Å². The second-order valence-corrected chi connectivity index (χ2v) is 2.99. The summed E-state index contributed by atoms with van der Waals surface area (Å²) in [6, 6.07) is -1.22. The zero-order valence-electron chi connectivity index (χ0n) is 6.82. The van der Waals surface area contributed by atoms with E-state index in [9.17, 15) is 14.4 Å². The lowest BCUT2D eigenvalue weighted by atomic mass is 10.1. The highest BCUT2D eigenvalue weighted by Gasteiger charge is 2.40. The molecule has 0 aromatic heterocycles. The number of piperazine rings is 1. The smallest absolute Gasteiger partial charge is 0.347 e. The number of nitrogens with one attached hydrogen (secondary N) is 1. The Labute approximate surface area is 74.3 Å². The maximum absolute atomic E-state index is 11.2. The molecule has 0 aromatic carbocycles. The molecule has 4 amide bonds. The van der Waals surface area contributed by atoms with Gasteiger partial charge >= 0.3 is 6.03 Å². The first-order chi connectivity index (χ1) is 6.18. The molecule has 1 N–H and O–H groups in total. The van der Waals surface area contributed by atoms with Gasteiger partial charge in [-0.05, 0) is 0 Å². The third-order valence-corrected chi connectivity index (χ3v) is 2.16. The number of nitrogens with zero attached hydrogens (tertiary/aromatic N) is 2. The van der Waals surface area contributed by atoms with Crippen LogP contribution < -0.4 is 10.6 Å². The molecule has 2 saturated heterocycles. The Morgan fingerprint density at radius 1 is 1.38 bits per heavy atom. The minimum Gasteiger partial charge on any atom is -0.353 e. The Balaban J connectivity index is 2.22. The predicted molar refractivity (Wildman–Crippen MR) is 40.7 cm³/mol. The van der Waals surface area contributed by atoms with Gasteiger partial charge in [-0.15, -0.1) is 0 Å². The minimum absolute atomic E-state index is 0.0115. The van der Waals surface area contributed by atoms with E-state index in [1.807, 2.05) is 0 Å². The fraction of sp³-hybridized carbons (Fsp3) is 0.571. The topological polar surface area (TPSA) is 80.6 Å². The van der Waals surface area contributed by atoms with Crippen LogP contribution in [0.3, 0.4) is 0 Å². The quantitative estimate of drug-likeness (QED) is 0.492. The highest BCUT2D eigenvalue weighted by molar-refractivity contribution is 6.02. The largest absolute Gasteiger partial charge is 0.353 e. The molecular weight excluding hydrogens is 174 g/mol. The molecule has 2 aliphatic rings. The molecule has 2 fully saturated rings. The van der Waals surface area contributed by atoms with E-state index in [0.29, 0.717) is 13.1 Å². The van der Waals surface area contributed by atoms with Gasteiger partial charge < -0.3 is 10.2 Å². The van der Waals surface area contributed by atoms with Crippen LogP contribution in [0.2, 0.25) is 0 Å². The Hall–Kier alpha value is -1.59. The SMILES string of the molecule is O=C1CC2C(=O)NCCN2C(=O)[N]1. The Kier molecular flexibility index (Phi) is 1.68. The summed E-state index contributed by atoms with van der Waals surface area (Å²) >= 11 is 0. The third-order valence-electron chi connectivity index (χ3n) is 2.16. The van der Waals surface area contributed by atoms with E-state index >= 15 is 0 Å². The van der Waals surface area contributed by atoms with Gasteiger partial charge in [0.15, 0.2) is 0 Å². The van der Waals surface area contributed by atoms with Gasteiger partial charge in [0.25, 0.3) is 5.91 Å². The van der Waals surface area contributed by atoms with E-state index in [2.05, 4.69) is 10.6 Å². The number of imide groups is 1. The molecule has 2 aliphatic heterocycles. The summed E-state index contributed by atoms with van der Waals surface area (Å²) in [5, 5.41) is 5.87. The summed E-state index contributed by atoms with van der Waals surface area (Å²) < 4.78 is 0. The normalized spacial score (nSPS) is 27.8. The molecular formula is C7H8N3O3.